The molecule has 0 aromatic carbocycles. The number of aryl methyl sites for hydroxylation is 1. The summed E-state index contributed by atoms with van der Waals surface area (Å²) in [5.74, 6) is 0.830. The fourth-order valence-electron chi connectivity index (χ4n) is 2.81. The molecule has 1 N–H and O–H groups in total. The highest BCUT2D eigenvalue weighted by atomic mass is 32.1. The first-order valence-electron chi connectivity index (χ1n) is 7.75. The number of amides is 1. The van der Waals surface area contributed by atoms with Gasteiger partial charge >= 0.3 is 0 Å². The maximum atomic E-state index is 12.6. The maximum Gasteiger partial charge on any atom is 0.256 e. The number of aromatic amines is 1. The Labute approximate surface area is 140 Å². The fraction of sp³-hybridized carbons (Fsp3) is 0.438. The average molecular weight is 332 g/mol. The van der Waals surface area contributed by atoms with Gasteiger partial charge in [-0.15, -0.1) is 0 Å². The van der Waals surface area contributed by atoms with Crippen LogP contribution in [-0.4, -0.2) is 52.0 Å². The van der Waals surface area contributed by atoms with E-state index in [4.69, 9.17) is 16.7 Å². The Balaban J connectivity index is 1.63. The summed E-state index contributed by atoms with van der Waals surface area (Å²) in [5.41, 5.74) is 1.51. The number of aromatic nitrogens is 2. The van der Waals surface area contributed by atoms with Crippen LogP contribution in [0.5, 0.6) is 0 Å². The third-order valence-electron chi connectivity index (χ3n) is 3.99. The highest BCUT2D eigenvalue weighted by Gasteiger charge is 2.21. The van der Waals surface area contributed by atoms with Crippen molar-refractivity contribution in [2.45, 2.75) is 19.9 Å². The molecule has 3 rings (SSSR count). The molecule has 7 heteroatoms. The van der Waals surface area contributed by atoms with Crippen molar-refractivity contribution in [1.82, 2.24) is 19.9 Å². The van der Waals surface area contributed by atoms with Crippen molar-refractivity contribution >= 4 is 18.1 Å². The molecule has 0 spiro atoms. The average Bonchev–Trinajstić information content (AvgIpc) is 2.81. The summed E-state index contributed by atoms with van der Waals surface area (Å²) in [6.45, 7) is 5.85. The molecule has 0 saturated carbocycles. The van der Waals surface area contributed by atoms with Crippen LogP contribution in [0.15, 0.2) is 28.9 Å². The summed E-state index contributed by atoms with van der Waals surface area (Å²) in [5, 5.41) is 4.04. The minimum Gasteiger partial charge on any atom is -0.361 e. The van der Waals surface area contributed by atoms with Crippen LogP contribution in [0, 0.1) is 11.6 Å². The molecule has 3 heterocycles. The van der Waals surface area contributed by atoms with E-state index in [1.165, 1.54) is 0 Å². The largest absolute Gasteiger partial charge is 0.361 e. The summed E-state index contributed by atoms with van der Waals surface area (Å²) in [6, 6.07) is 5.54. The summed E-state index contributed by atoms with van der Waals surface area (Å²) in [7, 11) is 0. The predicted octanol–water partition coefficient (Wildman–Crippen LogP) is 2.39. The second-order valence-electron chi connectivity index (χ2n) is 5.76. The van der Waals surface area contributed by atoms with E-state index in [1.807, 2.05) is 17.9 Å². The van der Waals surface area contributed by atoms with Gasteiger partial charge in [0.15, 0.2) is 0 Å². The second-order valence-corrected chi connectivity index (χ2v) is 6.17. The molecule has 0 radical (unpaired) electrons. The number of H-pyrrole nitrogens is 1. The molecular formula is C16H20N4O2S. The molecule has 23 heavy (non-hydrogen) atoms. The van der Waals surface area contributed by atoms with Crippen LogP contribution in [0.3, 0.4) is 0 Å². The number of hydrogen-bond donors (Lipinski definition) is 1. The third-order valence-corrected chi connectivity index (χ3v) is 4.32. The maximum absolute atomic E-state index is 12.6. The van der Waals surface area contributed by atoms with Gasteiger partial charge in [0.1, 0.15) is 10.4 Å². The van der Waals surface area contributed by atoms with E-state index in [1.54, 1.807) is 18.3 Å². The molecule has 1 saturated heterocycles. The lowest BCUT2D eigenvalue weighted by atomic mass is 10.2. The second kappa shape index (κ2) is 7.06. The molecule has 1 aliphatic rings. The van der Waals surface area contributed by atoms with Gasteiger partial charge in [-0.3, -0.25) is 9.69 Å². The monoisotopic (exact) mass is 332 g/mol. The molecule has 1 amide bonds. The Kier molecular flexibility index (Phi) is 4.88. The fourth-order valence-corrected chi connectivity index (χ4v) is 3.04. The molecule has 2 aromatic heterocycles. The van der Waals surface area contributed by atoms with Crippen molar-refractivity contribution in [3.8, 4) is 0 Å². The SMILES string of the molecule is Cc1cc(CN2CCCN(C(=O)c3ccc[nH]c3=S)CC2)no1. The zero-order chi connectivity index (χ0) is 16.2. The van der Waals surface area contributed by atoms with Gasteiger partial charge in [0.2, 0.25) is 0 Å². The Hall–Kier alpha value is -1.99. The molecule has 6 nitrogen and oxygen atoms in total. The Morgan fingerprint density at radius 1 is 1.39 bits per heavy atom. The van der Waals surface area contributed by atoms with E-state index >= 15 is 0 Å². The van der Waals surface area contributed by atoms with Crippen molar-refractivity contribution in [3.63, 3.8) is 0 Å². The van der Waals surface area contributed by atoms with E-state index in [0.29, 0.717) is 16.7 Å². The topological polar surface area (TPSA) is 65.4 Å². The van der Waals surface area contributed by atoms with Crippen LogP contribution in [0.2, 0.25) is 0 Å². The molecule has 2 aromatic rings. The summed E-state index contributed by atoms with van der Waals surface area (Å²) < 4.78 is 5.61. The Morgan fingerprint density at radius 3 is 3.00 bits per heavy atom. The minimum absolute atomic E-state index is 0.00554. The number of hydrogen-bond acceptors (Lipinski definition) is 5. The molecule has 1 aliphatic heterocycles. The van der Waals surface area contributed by atoms with Crippen molar-refractivity contribution in [1.29, 1.82) is 0 Å². The molecule has 122 valence electrons. The predicted molar refractivity (Wildman–Crippen MR) is 88.7 cm³/mol. The summed E-state index contributed by atoms with van der Waals surface area (Å²) in [4.78, 5) is 19.7. The summed E-state index contributed by atoms with van der Waals surface area (Å²) >= 11 is 5.21. The quantitative estimate of drug-likeness (QED) is 0.874. The highest BCUT2D eigenvalue weighted by Crippen LogP contribution is 2.12. The normalized spacial score (nSPS) is 16.3. The molecule has 1 fully saturated rings. The molecule has 0 unspecified atom stereocenters. The lowest BCUT2D eigenvalue weighted by Crippen LogP contribution is -2.35. The lowest BCUT2D eigenvalue weighted by Gasteiger charge is -2.21. The zero-order valence-electron chi connectivity index (χ0n) is 13.1. The van der Waals surface area contributed by atoms with E-state index in [-0.39, 0.29) is 5.91 Å². The first-order chi connectivity index (χ1) is 11.1. The van der Waals surface area contributed by atoms with Crippen LogP contribution in [0.4, 0.5) is 0 Å². The Morgan fingerprint density at radius 2 is 2.26 bits per heavy atom. The van der Waals surface area contributed by atoms with Crippen LogP contribution in [-0.2, 0) is 6.54 Å². The van der Waals surface area contributed by atoms with Gasteiger partial charge in [-0.1, -0.05) is 17.4 Å². The first kappa shape index (κ1) is 15.9. The van der Waals surface area contributed by atoms with Crippen LogP contribution in [0.25, 0.3) is 0 Å². The number of nitrogens with one attached hydrogen (secondary N) is 1. The smallest absolute Gasteiger partial charge is 0.256 e. The zero-order valence-corrected chi connectivity index (χ0v) is 13.9. The Bertz CT molecular complexity index is 739. The number of rotatable bonds is 3. The summed E-state index contributed by atoms with van der Waals surface area (Å²) in [6.07, 6.45) is 2.68. The lowest BCUT2D eigenvalue weighted by molar-refractivity contribution is 0.0760. The van der Waals surface area contributed by atoms with E-state index < -0.39 is 0 Å². The van der Waals surface area contributed by atoms with Crippen molar-refractivity contribution < 1.29 is 9.32 Å². The van der Waals surface area contributed by atoms with Crippen molar-refractivity contribution in [2.24, 2.45) is 0 Å². The van der Waals surface area contributed by atoms with Crippen LogP contribution < -0.4 is 0 Å². The van der Waals surface area contributed by atoms with Crippen molar-refractivity contribution in [2.75, 3.05) is 26.2 Å². The van der Waals surface area contributed by atoms with Crippen LogP contribution in [0.1, 0.15) is 28.2 Å². The van der Waals surface area contributed by atoms with Gasteiger partial charge in [0, 0.05) is 45.0 Å². The van der Waals surface area contributed by atoms with Gasteiger partial charge in [-0.05, 0) is 25.5 Å². The number of carbonyl (C=O) groups is 1. The van der Waals surface area contributed by atoms with Crippen LogP contribution >= 0.6 is 12.2 Å². The molecule has 0 aliphatic carbocycles. The minimum atomic E-state index is 0.00554. The van der Waals surface area contributed by atoms with Gasteiger partial charge in [0.05, 0.1) is 11.3 Å². The highest BCUT2D eigenvalue weighted by molar-refractivity contribution is 7.71. The van der Waals surface area contributed by atoms with Gasteiger partial charge in [0.25, 0.3) is 5.91 Å². The first-order valence-corrected chi connectivity index (χ1v) is 8.16. The van der Waals surface area contributed by atoms with E-state index in [9.17, 15) is 4.79 Å². The standard InChI is InChI=1S/C16H20N4O2S/c1-12-10-13(18-22-12)11-19-6-3-7-20(9-8-19)16(21)14-4-2-5-17-15(14)23/h2,4-5,10H,3,6-9,11H2,1H3,(H,17,23). The van der Waals surface area contributed by atoms with E-state index in [2.05, 4.69) is 15.0 Å². The third kappa shape index (κ3) is 3.86. The number of carbonyl (C=O) groups excluding carboxylic acids is 1. The van der Waals surface area contributed by atoms with Gasteiger partial charge in [-0.2, -0.15) is 0 Å². The van der Waals surface area contributed by atoms with Gasteiger partial charge < -0.3 is 14.4 Å². The number of nitrogens with zero attached hydrogens (tertiary/aromatic N) is 3. The van der Waals surface area contributed by atoms with Gasteiger partial charge in [-0.25, -0.2) is 0 Å². The molecule has 0 atom stereocenters. The van der Waals surface area contributed by atoms with Crippen molar-refractivity contribution in [3.05, 3.63) is 46.1 Å². The van der Waals surface area contributed by atoms with E-state index in [0.717, 1.165) is 44.1 Å². The molecular weight excluding hydrogens is 312 g/mol. The number of pyridine rings is 1. The molecule has 0 bridgehead atoms.